The fourth-order valence-electron chi connectivity index (χ4n) is 3.79. The van der Waals surface area contributed by atoms with E-state index in [4.69, 9.17) is 9.47 Å². The van der Waals surface area contributed by atoms with Crippen molar-refractivity contribution in [1.29, 1.82) is 0 Å². The molecule has 1 aliphatic carbocycles. The Kier molecular flexibility index (Phi) is 6.42. The Hall–Kier alpha value is -2.61. The van der Waals surface area contributed by atoms with Gasteiger partial charge in [0.1, 0.15) is 24.0 Å². The number of urea groups is 1. The molecule has 8 heteroatoms. The number of aliphatic hydroxyl groups is 1. The third kappa shape index (κ3) is 4.70. The lowest BCUT2D eigenvalue weighted by atomic mass is 9.77. The number of aliphatic hydroxyl groups excluding tert-OH is 1. The molecule has 2 fully saturated rings. The number of hydrogen-bond donors (Lipinski definition) is 2. The van der Waals surface area contributed by atoms with Crippen LogP contribution in [0.15, 0.2) is 24.3 Å². The van der Waals surface area contributed by atoms with E-state index in [1.165, 1.54) is 0 Å². The highest BCUT2D eigenvalue weighted by Gasteiger charge is 2.52. The van der Waals surface area contributed by atoms with Crippen molar-refractivity contribution >= 4 is 17.9 Å². The van der Waals surface area contributed by atoms with E-state index in [-0.39, 0.29) is 19.1 Å². The predicted octanol–water partition coefficient (Wildman–Crippen LogP) is 2.10. The highest BCUT2D eigenvalue weighted by atomic mass is 16.5. The molecular formula is C21H28N2O6. The minimum Gasteiger partial charge on any atom is -0.491 e. The summed E-state index contributed by atoms with van der Waals surface area (Å²) in [5.41, 5.74) is -0.404. The second kappa shape index (κ2) is 8.82. The zero-order chi connectivity index (χ0) is 21.0. The number of hydrogen-bond acceptors (Lipinski definition) is 6. The SMILES string of the molecule is CCOC(=O)c1ccc(OCC(O)CN2C(=O)NC3(CCC(C)CC3)C2=O)cc1. The number of rotatable bonds is 7. The number of esters is 1. The van der Waals surface area contributed by atoms with Crippen LogP contribution >= 0.6 is 0 Å². The second-order valence-electron chi connectivity index (χ2n) is 7.82. The molecule has 1 saturated carbocycles. The predicted molar refractivity (Wildman–Crippen MR) is 105 cm³/mol. The molecule has 1 aliphatic heterocycles. The molecule has 2 aliphatic rings. The smallest absolute Gasteiger partial charge is 0.338 e. The van der Waals surface area contributed by atoms with Crippen LogP contribution < -0.4 is 10.1 Å². The zero-order valence-electron chi connectivity index (χ0n) is 16.8. The number of nitrogens with one attached hydrogen (secondary N) is 1. The fraction of sp³-hybridized carbons (Fsp3) is 0.571. The van der Waals surface area contributed by atoms with Gasteiger partial charge in [0, 0.05) is 0 Å². The van der Waals surface area contributed by atoms with E-state index in [1.54, 1.807) is 31.2 Å². The number of carbonyl (C=O) groups is 3. The van der Waals surface area contributed by atoms with Crippen LogP contribution in [0.2, 0.25) is 0 Å². The summed E-state index contributed by atoms with van der Waals surface area (Å²) in [5, 5.41) is 13.1. The molecule has 29 heavy (non-hydrogen) atoms. The van der Waals surface area contributed by atoms with E-state index in [2.05, 4.69) is 12.2 Å². The van der Waals surface area contributed by atoms with Gasteiger partial charge >= 0.3 is 12.0 Å². The summed E-state index contributed by atoms with van der Waals surface area (Å²) >= 11 is 0. The third-order valence-corrected chi connectivity index (χ3v) is 5.57. The van der Waals surface area contributed by atoms with Gasteiger partial charge in [0.15, 0.2) is 0 Å². The Morgan fingerprint density at radius 1 is 1.28 bits per heavy atom. The standard InChI is InChI=1S/C21H28N2O6/c1-3-28-18(25)15-4-6-17(7-5-15)29-13-16(24)12-23-19(26)21(22-20(23)27)10-8-14(2)9-11-21/h4-7,14,16,24H,3,8-13H2,1-2H3,(H,22,27). The van der Waals surface area contributed by atoms with Crippen molar-refractivity contribution in [3.63, 3.8) is 0 Å². The van der Waals surface area contributed by atoms with Gasteiger partial charge in [-0.15, -0.1) is 0 Å². The fourth-order valence-corrected chi connectivity index (χ4v) is 3.79. The number of β-amino-alcohol motifs (C(OH)–C–C–N with tert-alkyl or cyclic N) is 1. The lowest BCUT2D eigenvalue weighted by Gasteiger charge is -2.33. The van der Waals surface area contributed by atoms with Gasteiger partial charge in [0.05, 0.1) is 18.7 Å². The monoisotopic (exact) mass is 404 g/mol. The lowest BCUT2D eigenvalue weighted by molar-refractivity contribution is -0.133. The lowest BCUT2D eigenvalue weighted by Crippen LogP contribution is -2.49. The first-order chi connectivity index (χ1) is 13.8. The molecule has 1 aromatic rings. The maximum Gasteiger partial charge on any atom is 0.338 e. The van der Waals surface area contributed by atoms with E-state index in [0.717, 1.165) is 17.7 Å². The summed E-state index contributed by atoms with van der Waals surface area (Å²) in [4.78, 5) is 37.8. The Bertz CT molecular complexity index is 755. The first kappa shape index (κ1) is 21.1. The van der Waals surface area contributed by atoms with Crippen LogP contribution in [0.3, 0.4) is 0 Å². The van der Waals surface area contributed by atoms with E-state index in [9.17, 15) is 19.5 Å². The van der Waals surface area contributed by atoms with Crippen molar-refractivity contribution in [2.45, 2.75) is 51.2 Å². The second-order valence-corrected chi connectivity index (χ2v) is 7.82. The molecule has 1 aromatic carbocycles. The van der Waals surface area contributed by atoms with Crippen LogP contribution in [0.5, 0.6) is 5.75 Å². The van der Waals surface area contributed by atoms with Crippen molar-refractivity contribution in [2.24, 2.45) is 5.92 Å². The molecule has 8 nitrogen and oxygen atoms in total. The van der Waals surface area contributed by atoms with E-state index in [1.807, 2.05) is 0 Å². The molecule has 3 rings (SSSR count). The summed E-state index contributed by atoms with van der Waals surface area (Å²) in [7, 11) is 0. The number of benzene rings is 1. The maximum absolute atomic E-state index is 12.8. The summed E-state index contributed by atoms with van der Waals surface area (Å²) in [6.45, 7) is 3.97. The van der Waals surface area contributed by atoms with Gasteiger partial charge in [0.25, 0.3) is 5.91 Å². The van der Waals surface area contributed by atoms with Crippen molar-refractivity contribution in [3.8, 4) is 5.75 Å². The van der Waals surface area contributed by atoms with Crippen molar-refractivity contribution in [1.82, 2.24) is 10.2 Å². The Morgan fingerprint density at radius 3 is 2.55 bits per heavy atom. The number of carbonyl (C=O) groups excluding carboxylic acids is 3. The van der Waals surface area contributed by atoms with Gasteiger partial charge in [-0.2, -0.15) is 0 Å². The minimum absolute atomic E-state index is 0.0835. The molecular weight excluding hydrogens is 376 g/mol. The molecule has 1 saturated heterocycles. The highest BCUT2D eigenvalue weighted by molar-refractivity contribution is 6.07. The van der Waals surface area contributed by atoms with Gasteiger partial charge in [-0.3, -0.25) is 9.69 Å². The molecule has 158 valence electrons. The number of ether oxygens (including phenoxy) is 2. The quantitative estimate of drug-likeness (QED) is 0.533. The Labute approximate surface area is 170 Å². The summed E-state index contributed by atoms with van der Waals surface area (Å²) in [5.74, 6) is 0.344. The van der Waals surface area contributed by atoms with E-state index < -0.39 is 23.6 Å². The van der Waals surface area contributed by atoms with Crippen LogP contribution in [-0.2, 0) is 9.53 Å². The topological polar surface area (TPSA) is 105 Å². The van der Waals surface area contributed by atoms with Crippen molar-refractivity contribution in [2.75, 3.05) is 19.8 Å². The van der Waals surface area contributed by atoms with Crippen molar-refractivity contribution in [3.05, 3.63) is 29.8 Å². The summed E-state index contributed by atoms with van der Waals surface area (Å²) in [6.07, 6.45) is 2.04. The van der Waals surface area contributed by atoms with Gasteiger partial charge in [-0.25, -0.2) is 9.59 Å². The molecule has 1 heterocycles. The van der Waals surface area contributed by atoms with E-state index >= 15 is 0 Å². The van der Waals surface area contributed by atoms with Crippen LogP contribution in [-0.4, -0.2) is 59.3 Å². The first-order valence-electron chi connectivity index (χ1n) is 10.1. The van der Waals surface area contributed by atoms with Gasteiger partial charge < -0.3 is 19.9 Å². The first-order valence-corrected chi connectivity index (χ1v) is 10.1. The normalized spacial score (nSPS) is 25.1. The largest absolute Gasteiger partial charge is 0.491 e. The van der Waals surface area contributed by atoms with Crippen molar-refractivity contribution < 1.29 is 29.0 Å². The van der Waals surface area contributed by atoms with Crippen LogP contribution in [0, 0.1) is 5.92 Å². The zero-order valence-corrected chi connectivity index (χ0v) is 16.8. The molecule has 0 bridgehead atoms. The molecule has 1 atom stereocenters. The maximum atomic E-state index is 12.8. The molecule has 2 N–H and O–H groups in total. The number of nitrogens with zero attached hydrogens (tertiary/aromatic N) is 1. The average Bonchev–Trinajstić information content (AvgIpc) is 2.93. The summed E-state index contributed by atoms with van der Waals surface area (Å²) in [6, 6.07) is 5.90. The van der Waals surface area contributed by atoms with Crippen LogP contribution in [0.1, 0.15) is 49.9 Å². The third-order valence-electron chi connectivity index (χ3n) is 5.57. The summed E-state index contributed by atoms with van der Waals surface area (Å²) < 4.78 is 10.4. The Balaban J connectivity index is 1.51. The van der Waals surface area contributed by atoms with Gasteiger partial charge in [0.2, 0.25) is 0 Å². The van der Waals surface area contributed by atoms with Gasteiger partial charge in [-0.05, 0) is 62.8 Å². The minimum atomic E-state index is -1.02. The number of imide groups is 1. The number of amides is 3. The molecule has 3 amide bonds. The molecule has 0 radical (unpaired) electrons. The molecule has 0 aromatic heterocycles. The molecule has 1 spiro atoms. The Morgan fingerprint density at radius 2 is 1.93 bits per heavy atom. The average molecular weight is 404 g/mol. The van der Waals surface area contributed by atoms with Crippen LogP contribution in [0.25, 0.3) is 0 Å². The van der Waals surface area contributed by atoms with Gasteiger partial charge in [-0.1, -0.05) is 6.92 Å². The highest BCUT2D eigenvalue weighted by Crippen LogP contribution is 2.36. The molecule has 1 unspecified atom stereocenters. The van der Waals surface area contributed by atoms with E-state index in [0.29, 0.717) is 36.7 Å². The van der Waals surface area contributed by atoms with Crippen LogP contribution in [0.4, 0.5) is 4.79 Å².